The molecule has 0 aliphatic rings. The Balaban J connectivity index is 2.47. The first-order chi connectivity index (χ1) is 8.33. The predicted molar refractivity (Wildman–Crippen MR) is 69.9 cm³/mol. The summed E-state index contributed by atoms with van der Waals surface area (Å²) in [5.41, 5.74) is 2.77. The standard InChI is InChI=1S/C16H14O/c1-13(12-17)16(14-8-4-2-5-9-14)15-10-6-3-7-11-15/h2-12,16H,1H2. The predicted octanol–water partition coefficient (Wildman–Crippen LogP) is 3.57. The van der Waals surface area contributed by atoms with Gasteiger partial charge in [-0.3, -0.25) is 4.79 Å². The number of hydrogen-bond donors (Lipinski definition) is 0. The molecule has 84 valence electrons. The molecule has 0 saturated carbocycles. The molecule has 17 heavy (non-hydrogen) atoms. The molecular weight excluding hydrogens is 208 g/mol. The smallest absolute Gasteiger partial charge is 0.146 e. The minimum absolute atomic E-state index is 0.0464. The Kier molecular flexibility index (Phi) is 3.51. The van der Waals surface area contributed by atoms with Gasteiger partial charge in [0.2, 0.25) is 0 Å². The lowest BCUT2D eigenvalue weighted by atomic mass is 9.86. The van der Waals surface area contributed by atoms with Gasteiger partial charge in [-0.1, -0.05) is 67.2 Å². The fourth-order valence-corrected chi connectivity index (χ4v) is 1.98. The third-order valence-electron chi connectivity index (χ3n) is 2.79. The van der Waals surface area contributed by atoms with Crippen LogP contribution in [0.4, 0.5) is 0 Å². The number of benzene rings is 2. The second-order valence-corrected chi connectivity index (χ2v) is 3.95. The van der Waals surface area contributed by atoms with Crippen LogP contribution in [0.5, 0.6) is 0 Å². The lowest BCUT2D eigenvalue weighted by Gasteiger charge is -2.17. The monoisotopic (exact) mass is 222 g/mol. The fourth-order valence-electron chi connectivity index (χ4n) is 1.98. The van der Waals surface area contributed by atoms with Gasteiger partial charge in [0, 0.05) is 5.92 Å². The average Bonchev–Trinajstić information content (AvgIpc) is 2.41. The van der Waals surface area contributed by atoms with E-state index in [0.717, 1.165) is 17.4 Å². The third kappa shape index (κ3) is 2.51. The molecule has 0 N–H and O–H groups in total. The van der Waals surface area contributed by atoms with Crippen molar-refractivity contribution in [2.24, 2.45) is 0 Å². The van der Waals surface area contributed by atoms with Crippen molar-refractivity contribution in [3.05, 3.63) is 83.9 Å². The van der Waals surface area contributed by atoms with Crippen molar-refractivity contribution in [2.75, 3.05) is 0 Å². The van der Waals surface area contributed by atoms with Gasteiger partial charge in [-0.2, -0.15) is 0 Å². The molecule has 0 bridgehead atoms. The van der Waals surface area contributed by atoms with Crippen LogP contribution in [0.15, 0.2) is 72.8 Å². The largest absolute Gasteiger partial charge is 0.298 e. The summed E-state index contributed by atoms with van der Waals surface area (Å²) in [7, 11) is 0. The second-order valence-electron chi connectivity index (χ2n) is 3.95. The number of rotatable bonds is 4. The molecule has 0 fully saturated rings. The van der Waals surface area contributed by atoms with E-state index in [9.17, 15) is 4.79 Å². The molecule has 2 aromatic rings. The Morgan fingerprint density at radius 1 is 0.882 bits per heavy atom. The maximum atomic E-state index is 11.0. The molecule has 0 aliphatic heterocycles. The normalized spacial score (nSPS) is 10.2. The molecule has 1 nitrogen and oxygen atoms in total. The van der Waals surface area contributed by atoms with Gasteiger partial charge in [0.25, 0.3) is 0 Å². The van der Waals surface area contributed by atoms with Gasteiger partial charge >= 0.3 is 0 Å². The lowest BCUT2D eigenvalue weighted by molar-refractivity contribution is -0.105. The summed E-state index contributed by atoms with van der Waals surface area (Å²) < 4.78 is 0. The van der Waals surface area contributed by atoms with Crippen molar-refractivity contribution < 1.29 is 4.79 Å². The molecule has 0 saturated heterocycles. The molecule has 0 atom stereocenters. The first kappa shape index (κ1) is 11.3. The number of hydrogen-bond acceptors (Lipinski definition) is 1. The minimum Gasteiger partial charge on any atom is -0.298 e. The molecule has 0 aliphatic carbocycles. The van der Waals surface area contributed by atoms with Gasteiger partial charge in [0.15, 0.2) is 0 Å². The Hall–Kier alpha value is -2.15. The van der Waals surface area contributed by atoms with E-state index in [0.29, 0.717) is 5.57 Å². The van der Waals surface area contributed by atoms with Crippen molar-refractivity contribution in [3.63, 3.8) is 0 Å². The van der Waals surface area contributed by atoms with Gasteiger partial charge in [-0.05, 0) is 16.7 Å². The second kappa shape index (κ2) is 5.26. The zero-order valence-electron chi connectivity index (χ0n) is 9.54. The molecule has 0 aromatic heterocycles. The fraction of sp³-hybridized carbons (Fsp3) is 0.0625. The van der Waals surface area contributed by atoms with Crippen LogP contribution in [0.25, 0.3) is 0 Å². The average molecular weight is 222 g/mol. The highest BCUT2D eigenvalue weighted by molar-refractivity contribution is 5.76. The molecule has 1 heteroatoms. The maximum absolute atomic E-state index is 11.0. The molecule has 2 rings (SSSR count). The Bertz CT molecular complexity index is 460. The van der Waals surface area contributed by atoms with Crippen LogP contribution in [-0.4, -0.2) is 6.29 Å². The van der Waals surface area contributed by atoms with Crippen molar-refractivity contribution in [1.82, 2.24) is 0 Å². The van der Waals surface area contributed by atoms with Crippen molar-refractivity contribution in [1.29, 1.82) is 0 Å². The summed E-state index contributed by atoms with van der Waals surface area (Å²) in [6.45, 7) is 3.86. The van der Waals surface area contributed by atoms with Crippen molar-refractivity contribution >= 4 is 6.29 Å². The van der Waals surface area contributed by atoms with Crippen LogP contribution in [0, 0.1) is 0 Å². The summed E-state index contributed by atoms with van der Waals surface area (Å²) in [5, 5.41) is 0. The molecule has 0 radical (unpaired) electrons. The highest BCUT2D eigenvalue weighted by Crippen LogP contribution is 2.29. The van der Waals surface area contributed by atoms with Crippen LogP contribution < -0.4 is 0 Å². The maximum Gasteiger partial charge on any atom is 0.146 e. The molecular formula is C16H14O. The number of carbonyl (C=O) groups is 1. The highest BCUT2D eigenvalue weighted by Gasteiger charge is 2.16. The molecule has 0 unspecified atom stereocenters. The Morgan fingerprint density at radius 3 is 1.65 bits per heavy atom. The first-order valence-corrected chi connectivity index (χ1v) is 5.57. The van der Waals surface area contributed by atoms with E-state index < -0.39 is 0 Å². The van der Waals surface area contributed by atoms with Crippen LogP contribution in [0.2, 0.25) is 0 Å². The van der Waals surface area contributed by atoms with Crippen LogP contribution in [0.1, 0.15) is 17.0 Å². The topological polar surface area (TPSA) is 17.1 Å². The van der Waals surface area contributed by atoms with Crippen molar-refractivity contribution in [2.45, 2.75) is 5.92 Å². The van der Waals surface area contributed by atoms with Gasteiger partial charge in [0.05, 0.1) is 0 Å². The van der Waals surface area contributed by atoms with E-state index in [4.69, 9.17) is 0 Å². The highest BCUT2D eigenvalue weighted by atomic mass is 16.1. The Labute approximate surface area is 101 Å². The van der Waals surface area contributed by atoms with E-state index in [1.54, 1.807) is 0 Å². The molecule has 0 heterocycles. The van der Waals surface area contributed by atoms with E-state index in [1.165, 1.54) is 0 Å². The summed E-state index contributed by atoms with van der Waals surface area (Å²) >= 11 is 0. The number of aldehydes is 1. The molecule has 0 amide bonds. The first-order valence-electron chi connectivity index (χ1n) is 5.57. The van der Waals surface area contributed by atoms with E-state index in [1.807, 2.05) is 60.7 Å². The molecule has 2 aromatic carbocycles. The van der Waals surface area contributed by atoms with Gasteiger partial charge < -0.3 is 0 Å². The lowest BCUT2D eigenvalue weighted by Crippen LogP contribution is -2.04. The summed E-state index contributed by atoms with van der Waals surface area (Å²) in [6, 6.07) is 19.9. The van der Waals surface area contributed by atoms with E-state index >= 15 is 0 Å². The minimum atomic E-state index is -0.0464. The summed E-state index contributed by atoms with van der Waals surface area (Å²) in [5.74, 6) is -0.0464. The zero-order chi connectivity index (χ0) is 12.1. The SMILES string of the molecule is C=C(C=O)C(c1ccccc1)c1ccccc1. The third-order valence-corrected chi connectivity index (χ3v) is 2.79. The van der Waals surface area contributed by atoms with Gasteiger partial charge in [0.1, 0.15) is 6.29 Å². The van der Waals surface area contributed by atoms with E-state index in [2.05, 4.69) is 6.58 Å². The van der Waals surface area contributed by atoms with Gasteiger partial charge in [-0.15, -0.1) is 0 Å². The van der Waals surface area contributed by atoms with Crippen LogP contribution in [-0.2, 0) is 4.79 Å². The number of allylic oxidation sites excluding steroid dienone is 1. The van der Waals surface area contributed by atoms with Crippen LogP contribution >= 0.6 is 0 Å². The van der Waals surface area contributed by atoms with Crippen molar-refractivity contribution in [3.8, 4) is 0 Å². The Morgan fingerprint density at radius 2 is 1.29 bits per heavy atom. The van der Waals surface area contributed by atoms with E-state index in [-0.39, 0.29) is 5.92 Å². The summed E-state index contributed by atoms with van der Waals surface area (Å²) in [4.78, 5) is 11.0. The number of carbonyl (C=O) groups excluding carboxylic acids is 1. The molecule has 0 spiro atoms. The van der Waals surface area contributed by atoms with Gasteiger partial charge in [-0.25, -0.2) is 0 Å². The quantitative estimate of drug-likeness (QED) is 0.571. The zero-order valence-corrected chi connectivity index (χ0v) is 9.54. The van der Waals surface area contributed by atoms with Crippen LogP contribution in [0.3, 0.4) is 0 Å². The summed E-state index contributed by atoms with van der Waals surface area (Å²) in [6.07, 6.45) is 0.838.